The number of aromatic nitrogens is 2. The SMILES string of the molecule is Cc1cc(C)c2oc(-c3cccc(NC(=O)c4cncc(Br)c4)c3)nc2c1. The molecule has 2 heterocycles. The number of oxazole rings is 1. The van der Waals surface area contributed by atoms with Crippen LogP contribution in [0.15, 0.2) is 63.7 Å². The maximum absolute atomic E-state index is 12.4. The standard InChI is InChI=1S/C21H16BrN3O2/c1-12-6-13(2)19-18(7-12)25-21(27-19)14-4-3-5-17(9-14)24-20(26)15-8-16(22)11-23-10-15/h3-11H,1-2H3,(H,24,26). The second-order valence-corrected chi connectivity index (χ2v) is 7.29. The summed E-state index contributed by atoms with van der Waals surface area (Å²) >= 11 is 3.32. The first-order chi connectivity index (χ1) is 13.0. The third-order valence-electron chi connectivity index (χ3n) is 4.15. The van der Waals surface area contributed by atoms with Crippen molar-refractivity contribution in [3.05, 3.63) is 76.0 Å². The predicted octanol–water partition coefficient (Wildman–Crippen LogP) is 5.52. The molecule has 2 aromatic carbocycles. The number of anilines is 1. The van der Waals surface area contributed by atoms with Crippen molar-refractivity contribution in [1.29, 1.82) is 0 Å². The van der Waals surface area contributed by atoms with Gasteiger partial charge in [-0.2, -0.15) is 0 Å². The number of pyridine rings is 1. The molecule has 1 N–H and O–H groups in total. The van der Waals surface area contributed by atoms with Gasteiger partial charge in [-0.15, -0.1) is 0 Å². The highest BCUT2D eigenvalue weighted by atomic mass is 79.9. The Hall–Kier alpha value is -2.99. The summed E-state index contributed by atoms with van der Waals surface area (Å²) < 4.78 is 6.71. The first-order valence-electron chi connectivity index (χ1n) is 8.40. The number of fused-ring (bicyclic) bond motifs is 1. The molecule has 0 saturated carbocycles. The molecular weight excluding hydrogens is 406 g/mol. The molecule has 134 valence electrons. The summed E-state index contributed by atoms with van der Waals surface area (Å²) in [7, 11) is 0. The van der Waals surface area contributed by atoms with Gasteiger partial charge >= 0.3 is 0 Å². The molecule has 27 heavy (non-hydrogen) atoms. The summed E-state index contributed by atoms with van der Waals surface area (Å²) in [5, 5.41) is 2.88. The zero-order valence-corrected chi connectivity index (χ0v) is 16.4. The van der Waals surface area contributed by atoms with Crippen molar-refractivity contribution in [3.8, 4) is 11.5 Å². The lowest BCUT2D eigenvalue weighted by atomic mass is 10.1. The van der Waals surface area contributed by atoms with Crippen LogP contribution in [-0.2, 0) is 0 Å². The van der Waals surface area contributed by atoms with Gasteiger partial charge < -0.3 is 9.73 Å². The number of amides is 1. The van der Waals surface area contributed by atoms with Gasteiger partial charge in [-0.05, 0) is 71.2 Å². The van der Waals surface area contributed by atoms with Crippen LogP contribution in [0, 0.1) is 13.8 Å². The Kier molecular flexibility index (Phi) is 4.49. The number of nitrogens with one attached hydrogen (secondary N) is 1. The Labute approximate surface area is 164 Å². The van der Waals surface area contributed by atoms with Crippen LogP contribution in [0.5, 0.6) is 0 Å². The predicted molar refractivity (Wildman–Crippen MR) is 109 cm³/mol. The molecule has 0 saturated heterocycles. The van der Waals surface area contributed by atoms with E-state index < -0.39 is 0 Å². The molecule has 0 aliphatic carbocycles. The fraction of sp³-hybridized carbons (Fsp3) is 0.0952. The summed E-state index contributed by atoms with van der Waals surface area (Å²) in [4.78, 5) is 21.0. The van der Waals surface area contributed by atoms with E-state index in [0.717, 1.165) is 32.3 Å². The van der Waals surface area contributed by atoms with E-state index >= 15 is 0 Å². The summed E-state index contributed by atoms with van der Waals surface area (Å²) in [5.41, 5.74) is 5.74. The minimum Gasteiger partial charge on any atom is -0.436 e. The van der Waals surface area contributed by atoms with Crippen molar-refractivity contribution in [1.82, 2.24) is 9.97 Å². The van der Waals surface area contributed by atoms with E-state index in [2.05, 4.69) is 37.3 Å². The molecule has 0 aliphatic rings. The van der Waals surface area contributed by atoms with Gasteiger partial charge in [-0.3, -0.25) is 9.78 Å². The van der Waals surface area contributed by atoms with Gasteiger partial charge in [0, 0.05) is 28.1 Å². The Morgan fingerprint density at radius 2 is 1.96 bits per heavy atom. The van der Waals surface area contributed by atoms with Crippen LogP contribution in [0.2, 0.25) is 0 Å². The lowest BCUT2D eigenvalue weighted by molar-refractivity contribution is 0.102. The molecule has 0 fully saturated rings. The van der Waals surface area contributed by atoms with Crippen molar-refractivity contribution >= 4 is 38.6 Å². The third kappa shape index (κ3) is 3.61. The van der Waals surface area contributed by atoms with Crippen molar-refractivity contribution in [2.24, 2.45) is 0 Å². The maximum atomic E-state index is 12.4. The highest BCUT2D eigenvalue weighted by Gasteiger charge is 2.12. The second kappa shape index (κ2) is 6.96. The van der Waals surface area contributed by atoms with Crippen molar-refractivity contribution in [3.63, 3.8) is 0 Å². The van der Waals surface area contributed by atoms with Crippen molar-refractivity contribution in [2.45, 2.75) is 13.8 Å². The number of hydrogen-bond donors (Lipinski definition) is 1. The fourth-order valence-electron chi connectivity index (χ4n) is 2.97. The van der Waals surface area contributed by atoms with Crippen LogP contribution in [0.1, 0.15) is 21.5 Å². The van der Waals surface area contributed by atoms with E-state index in [1.165, 1.54) is 6.20 Å². The summed E-state index contributed by atoms with van der Waals surface area (Å²) in [6, 6.07) is 13.2. The molecule has 4 rings (SSSR count). The van der Waals surface area contributed by atoms with Gasteiger partial charge in [0.2, 0.25) is 5.89 Å². The number of halogens is 1. The van der Waals surface area contributed by atoms with E-state index in [-0.39, 0.29) is 5.91 Å². The van der Waals surface area contributed by atoms with Crippen LogP contribution in [0.3, 0.4) is 0 Å². The second-order valence-electron chi connectivity index (χ2n) is 6.38. The Morgan fingerprint density at radius 3 is 2.78 bits per heavy atom. The van der Waals surface area contributed by atoms with E-state index in [9.17, 15) is 4.79 Å². The topological polar surface area (TPSA) is 68.0 Å². The zero-order chi connectivity index (χ0) is 19.0. The molecule has 0 spiro atoms. The monoisotopic (exact) mass is 421 g/mol. The van der Waals surface area contributed by atoms with Gasteiger partial charge in [0.1, 0.15) is 5.52 Å². The summed E-state index contributed by atoms with van der Waals surface area (Å²) in [5.74, 6) is 0.295. The van der Waals surface area contributed by atoms with Crippen LogP contribution in [0.25, 0.3) is 22.6 Å². The first-order valence-corrected chi connectivity index (χ1v) is 9.19. The molecule has 0 bridgehead atoms. The van der Waals surface area contributed by atoms with Gasteiger partial charge in [0.05, 0.1) is 5.56 Å². The number of aryl methyl sites for hydroxylation is 2. The van der Waals surface area contributed by atoms with Crippen LogP contribution in [0.4, 0.5) is 5.69 Å². The highest BCUT2D eigenvalue weighted by Crippen LogP contribution is 2.28. The molecule has 0 unspecified atom stereocenters. The molecule has 0 radical (unpaired) electrons. The Morgan fingerprint density at radius 1 is 1.11 bits per heavy atom. The lowest BCUT2D eigenvalue weighted by Crippen LogP contribution is -2.12. The average molecular weight is 422 g/mol. The molecule has 6 heteroatoms. The number of carbonyl (C=O) groups is 1. The fourth-order valence-corrected chi connectivity index (χ4v) is 3.33. The smallest absolute Gasteiger partial charge is 0.257 e. The Balaban J connectivity index is 1.65. The van der Waals surface area contributed by atoms with Gasteiger partial charge in [0.15, 0.2) is 5.58 Å². The number of hydrogen-bond acceptors (Lipinski definition) is 4. The lowest BCUT2D eigenvalue weighted by Gasteiger charge is -2.06. The summed E-state index contributed by atoms with van der Waals surface area (Å²) in [6.45, 7) is 4.04. The highest BCUT2D eigenvalue weighted by molar-refractivity contribution is 9.10. The van der Waals surface area contributed by atoms with Gasteiger partial charge in [-0.25, -0.2) is 4.98 Å². The molecule has 0 aliphatic heterocycles. The quantitative estimate of drug-likeness (QED) is 0.472. The third-order valence-corrected chi connectivity index (χ3v) is 4.59. The minimum absolute atomic E-state index is 0.231. The zero-order valence-electron chi connectivity index (χ0n) is 14.8. The van der Waals surface area contributed by atoms with E-state index in [1.54, 1.807) is 12.3 Å². The van der Waals surface area contributed by atoms with Gasteiger partial charge in [0.25, 0.3) is 5.91 Å². The van der Waals surface area contributed by atoms with Crippen molar-refractivity contribution < 1.29 is 9.21 Å². The maximum Gasteiger partial charge on any atom is 0.257 e. The number of benzene rings is 2. The molecule has 5 nitrogen and oxygen atoms in total. The van der Waals surface area contributed by atoms with E-state index in [1.807, 2.05) is 44.2 Å². The molecular formula is C21H16BrN3O2. The van der Waals surface area contributed by atoms with Crippen molar-refractivity contribution in [2.75, 3.05) is 5.32 Å². The van der Waals surface area contributed by atoms with E-state index in [4.69, 9.17) is 4.42 Å². The van der Waals surface area contributed by atoms with E-state index in [0.29, 0.717) is 17.1 Å². The van der Waals surface area contributed by atoms with Crippen LogP contribution >= 0.6 is 15.9 Å². The Bertz CT molecular complexity index is 1170. The molecule has 2 aromatic heterocycles. The van der Waals surface area contributed by atoms with Gasteiger partial charge in [-0.1, -0.05) is 12.1 Å². The number of nitrogens with zero attached hydrogens (tertiary/aromatic N) is 2. The average Bonchev–Trinajstić information content (AvgIpc) is 3.06. The number of carbonyl (C=O) groups excluding carboxylic acids is 1. The molecule has 0 atom stereocenters. The molecule has 1 amide bonds. The largest absolute Gasteiger partial charge is 0.436 e. The summed E-state index contributed by atoms with van der Waals surface area (Å²) in [6.07, 6.45) is 3.16. The van der Waals surface area contributed by atoms with Crippen LogP contribution < -0.4 is 5.32 Å². The normalized spacial score (nSPS) is 10.9. The number of rotatable bonds is 3. The van der Waals surface area contributed by atoms with Crippen LogP contribution in [-0.4, -0.2) is 15.9 Å². The first kappa shape index (κ1) is 17.4. The molecule has 4 aromatic rings. The minimum atomic E-state index is -0.231.